The zero-order valence-electron chi connectivity index (χ0n) is 16.7. The van der Waals surface area contributed by atoms with Crippen molar-refractivity contribution >= 4 is 50.9 Å². The van der Waals surface area contributed by atoms with Gasteiger partial charge >= 0.3 is 0 Å². The summed E-state index contributed by atoms with van der Waals surface area (Å²) in [5.74, 6) is 0.781. The van der Waals surface area contributed by atoms with Gasteiger partial charge in [-0.05, 0) is 43.2 Å². The summed E-state index contributed by atoms with van der Waals surface area (Å²) < 4.78 is 12.5. The van der Waals surface area contributed by atoms with Crippen molar-refractivity contribution < 1.29 is 18.9 Å². The van der Waals surface area contributed by atoms with Crippen LogP contribution in [-0.2, 0) is 0 Å². The Kier molecular flexibility index (Phi) is 7.67. The predicted molar refractivity (Wildman–Crippen MR) is 125 cm³/mol. The van der Waals surface area contributed by atoms with Crippen molar-refractivity contribution in [2.75, 3.05) is 22.9 Å². The average molecular weight is 522 g/mol. The lowest BCUT2D eigenvalue weighted by molar-refractivity contribution is -0.384. The van der Waals surface area contributed by atoms with Crippen LogP contribution in [0.15, 0.2) is 46.9 Å². The van der Waals surface area contributed by atoms with Gasteiger partial charge in [-0.1, -0.05) is 35.9 Å². The Morgan fingerprint density at radius 3 is 2.63 bits per heavy atom. The molecule has 0 spiro atoms. The summed E-state index contributed by atoms with van der Waals surface area (Å²) in [6.45, 7) is 3.33. The lowest BCUT2D eigenvalue weighted by atomic mass is 10.0. The number of rotatable bonds is 11. The first kappa shape index (κ1) is 22.1. The molecule has 1 heterocycles. The van der Waals surface area contributed by atoms with Crippen molar-refractivity contribution in [3.63, 3.8) is 0 Å². The van der Waals surface area contributed by atoms with Gasteiger partial charge in [0.05, 0.1) is 17.1 Å². The van der Waals surface area contributed by atoms with Crippen LogP contribution in [0.25, 0.3) is 11.0 Å². The molecule has 1 N–H and O–H groups in total. The topological polar surface area (TPSA) is 94.6 Å². The van der Waals surface area contributed by atoms with Crippen molar-refractivity contribution in [3.05, 3.63) is 63.7 Å². The minimum atomic E-state index is -0.479. The van der Waals surface area contributed by atoms with Crippen LogP contribution in [0.2, 0.25) is 0 Å². The summed E-state index contributed by atoms with van der Waals surface area (Å²) >= 11 is 2.30. The summed E-state index contributed by atoms with van der Waals surface area (Å²) in [5, 5.41) is 14.8. The third kappa shape index (κ3) is 5.10. The molecule has 0 bridgehead atoms. The molecule has 0 aliphatic carbocycles. The number of fused-ring (bicyclic) bond motifs is 1. The molecule has 0 unspecified atom stereocenters. The van der Waals surface area contributed by atoms with Crippen LogP contribution >= 0.6 is 22.6 Å². The first-order valence-electron chi connectivity index (χ1n) is 9.83. The summed E-state index contributed by atoms with van der Waals surface area (Å²) in [6, 6.07) is 11.2. The Hall–Kier alpha value is -2.62. The maximum Gasteiger partial charge on any atom is 0.270 e. The van der Waals surface area contributed by atoms with Crippen LogP contribution in [0, 0.1) is 10.1 Å². The molecule has 158 valence electrons. The highest BCUT2D eigenvalue weighted by molar-refractivity contribution is 14.1. The van der Waals surface area contributed by atoms with Crippen molar-refractivity contribution in [2.24, 2.45) is 0 Å². The number of alkyl halides is 1. The molecule has 8 heteroatoms. The number of benzene rings is 2. The van der Waals surface area contributed by atoms with E-state index >= 15 is 0 Å². The van der Waals surface area contributed by atoms with Gasteiger partial charge in [-0.3, -0.25) is 14.9 Å². The molecule has 1 aromatic heterocycles. The zero-order chi connectivity index (χ0) is 21.5. The second-order valence-electron chi connectivity index (χ2n) is 6.77. The number of carbonyl (C=O) groups excluding carboxylic acids is 1. The Bertz CT molecular complexity index is 1030. The van der Waals surface area contributed by atoms with Crippen LogP contribution in [0.4, 0.5) is 11.6 Å². The van der Waals surface area contributed by atoms with Crippen LogP contribution < -0.4 is 10.1 Å². The van der Waals surface area contributed by atoms with Gasteiger partial charge in [0.1, 0.15) is 11.3 Å². The highest BCUT2D eigenvalue weighted by Gasteiger charge is 2.24. The molecule has 30 heavy (non-hydrogen) atoms. The standard InChI is InChI=1S/C22H23IN2O5/c1-2-3-12-24-22-20(18-14-16(25(27)28)7-10-19(18)30-22)21(26)15-5-8-17(9-6-15)29-13-4-11-23/h5-10,14,24H,2-4,11-13H2,1H3. The van der Waals surface area contributed by atoms with E-state index in [9.17, 15) is 14.9 Å². The van der Waals surface area contributed by atoms with Gasteiger partial charge in [0.2, 0.25) is 5.88 Å². The number of anilines is 1. The Morgan fingerprint density at radius 1 is 1.20 bits per heavy atom. The van der Waals surface area contributed by atoms with Crippen molar-refractivity contribution in [1.29, 1.82) is 0 Å². The number of hydrogen-bond donors (Lipinski definition) is 1. The summed E-state index contributed by atoms with van der Waals surface area (Å²) in [7, 11) is 0. The Morgan fingerprint density at radius 2 is 1.97 bits per heavy atom. The second kappa shape index (κ2) is 10.4. The van der Waals surface area contributed by atoms with Gasteiger partial charge in [0.15, 0.2) is 5.78 Å². The largest absolute Gasteiger partial charge is 0.494 e. The van der Waals surface area contributed by atoms with Gasteiger partial charge in [-0.2, -0.15) is 0 Å². The van der Waals surface area contributed by atoms with E-state index in [1.54, 1.807) is 24.3 Å². The van der Waals surface area contributed by atoms with E-state index in [0.717, 1.165) is 23.7 Å². The lowest BCUT2D eigenvalue weighted by Crippen LogP contribution is -2.07. The van der Waals surface area contributed by atoms with E-state index in [4.69, 9.17) is 9.15 Å². The number of halogens is 1. The first-order valence-corrected chi connectivity index (χ1v) is 11.4. The Labute approximate surface area is 188 Å². The SMILES string of the molecule is CCCCNc1oc2ccc([N+](=O)[O-])cc2c1C(=O)c1ccc(OCCCI)cc1. The van der Waals surface area contributed by atoms with Gasteiger partial charge in [0.25, 0.3) is 5.69 Å². The van der Waals surface area contributed by atoms with Gasteiger partial charge in [-0.25, -0.2) is 0 Å². The number of non-ortho nitro benzene ring substituents is 1. The number of nitrogens with one attached hydrogen (secondary N) is 1. The molecule has 0 aliphatic rings. The normalized spacial score (nSPS) is 10.9. The van der Waals surface area contributed by atoms with E-state index in [2.05, 4.69) is 34.8 Å². The lowest BCUT2D eigenvalue weighted by Gasteiger charge is -2.07. The van der Waals surface area contributed by atoms with E-state index < -0.39 is 4.92 Å². The molecule has 0 atom stereocenters. The summed E-state index contributed by atoms with van der Waals surface area (Å²) in [5.41, 5.74) is 1.12. The fourth-order valence-corrected chi connectivity index (χ4v) is 3.33. The van der Waals surface area contributed by atoms with Crippen molar-refractivity contribution in [2.45, 2.75) is 26.2 Å². The third-order valence-corrected chi connectivity index (χ3v) is 5.35. The maximum absolute atomic E-state index is 13.3. The minimum Gasteiger partial charge on any atom is -0.494 e. The molecule has 0 aliphatic heterocycles. The zero-order valence-corrected chi connectivity index (χ0v) is 18.8. The number of nitrogens with zero attached hydrogens (tertiary/aromatic N) is 1. The average Bonchev–Trinajstić information content (AvgIpc) is 3.11. The first-order chi connectivity index (χ1) is 14.5. The second-order valence-corrected chi connectivity index (χ2v) is 7.85. The molecule has 0 fully saturated rings. The number of carbonyl (C=O) groups is 1. The van der Waals surface area contributed by atoms with Crippen LogP contribution in [0.5, 0.6) is 5.75 Å². The van der Waals surface area contributed by atoms with E-state index in [1.165, 1.54) is 18.2 Å². The molecule has 0 saturated heterocycles. The number of unbranched alkanes of at least 4 members (excludes halogenated alkanes) is 1. The van der Waals surface area contributed by atoms with Crippen molar-refractivity contribution in [1.82, 2.24) is 0 Å². The fraction of sp³-hybridized carbons (Fsp3) is 0.318. The molecule has 7 nitrogen and oxygen atoms in total. The van der Waals surface area contributed by atoms with E-state index in [1.807, 2.05) is 0 Å². The van der Waals surface area contributed by atoms with Gasteiger partial charge in [0, 0.05) is 34.1 Å². The summed E-state index contributed by atoms with van der Waals surface area (Å²) in [6.07, 6.45) is 2.85. The van der Waals surface area contributed by atoms with Gasteiger partial charge in [-0.15, -0.1) is 0 Å². The number of hydrogen-bond acceptors (Lipinski definition) is 6. The van der Waals surface area contributed by atoms with Crippen molar-refractivity contribution in [3.8, 4) is 5.75 Å². The van der Waals surface area contributed by atoms with Gasteiger partial charge < -0.3 is 14.5 Å². The third-order valence-electron chi connectivity index (χ3n) is 4.59. The maximum atomic E-state index is 13.3. The molecule has 2 aromatic carbocycles. The molecule has 0 amide bonds. The number of nitro benzene ring substituents is 1. The minimum absolute atomic E-state index is 0.0866. The number of ether oxygens (including phenoxy) is 1. The molecular formula is C22H23IN2O5. The Balaban J connectivity index is 1.96. The highest BCUT2D eigenvalue weighted by atomic mass is 127. The number of ketones is 1. The summed E-state index contributed by atoms with van der Waals surface area (Å²) in [4.78, 5) is 24.1. The molecule has 0 saturated carbocycles. The van der Waals surface area contributed by atoms with Crippen LogP contribution in [-0.4, -0.2) is 28.3 Å². The monoisotopic (exact) mass is 522 g/mol. The van der Waals surface area contributed by atoms with E-state index in [-0.39, 0.29) is 11.5 Å². The molecular weight excluding hydrogens is 499 g/mol. The number of nitro groups is 1. The van der Waals surface area contributed by atoms with Crippen LogP contribution in [0.1, 0.15) is 42.1 Å². The molecule has 3 rings (SSSR count). The van der Waals surface area contributed by atoms with E-state index in [0.29, 0.717) is 46.9 Å². The predicted octanol–water partition coefficient (Wildman–Crippen LogP) is 5.99. The highest BCUT2D eigenvalue weighted by Crippen LogP contribution is 2.34. The smallest absolute Gasteiger partial charge is 0.270 e. The van der Waals surface area contributed by atoms with Crippen LogP contribution in [0.3, 0.4) is 0 Å². The fourth-order valence-electron chi connectivity index (χ4n) is 3.02. The quantitative estimate of drug-likeness (QED) is 0.0831. The molecule has 3 aromatic rings. The number of furan rings is 1. The molecule has 0 radical (unpaired) electrons.